The summed E-state index contributed by atoms with van der Waals surface area (Å²) in [7, 11) is -1.17. The second-order valence-electron chi connectivity index (χ2n) is 6.98. The van der Waals surface area contributed by atoms with Crippen LogP contribution >= 0.6 is 24.0 Å². The van der Waals surface area contributed by atoms with E-state index in [1.54, 1.807) is 7.05 Å². The summed E-state index contributed by atoms with van der Waals surface area (Å²) in [5, 5.41) is 6.49. The van der Waals surface area contributed by atoms with Gasteiger partial charge in [-0.3, -0.25) is 4.99 Å². The second-order valence-corrected chi connectivity index (χ2v) is 9.24. The topological polar surface area (TPSA) is 70.6 Å². The maximum atomic E-state index is 11.1. The maximum Gasteiger partial charge on any atom is 0.191 e. The van der Waals surface area contributed by atoms with E-state index in [1.165, 1.54) is 19.1 Å². The molecule has 1 unspecified atom stereocenters. The van der Waals surface area contributed by atoms with Crippen LogP contribution in [0.25, 0.3) is 0 Å². The fourth-order valence-corrected chi connectivity index (χ4v) is 2.66. The van der Waals surface area contributed by atoms with Gasteiger partial charge in [0.1, 0.15) is 9.84 Å². The van der Waals surface area contributed by atoms with Gasteiger partial charge in [-0.05, 0) is 31.6 Å². The number of sulfone groups is 1. The molecule has 0 saturated heterocycles. The van der Waals surface area contributed by atoms with Gasteiger partial charge in [0, 0.05) is 25.9 Å². The second kappa shape index (κ2) is 11.5. The minimum atomic E-state index is -2.90. The van der Waals surface area contributed by atoms with Crippen molar-refractivity contribution in [1.29, 1.82) is 0 Å². The number of unbranched alkanes of at least 4 members (excludes halogenated alkanes) is 1. The molecule has 0 aliphatic rings. The van der Waals surface area contributed by atoms with Gasteiger partial charge in [-0.1, -0.05) is 27.2 Å². The van der Waals surface area contributed by atoms with E-state index < -0.39 is 9.84 Å². The molecular weight excluding hydrogens is 413 g/mol. The summed E-state index contributed by atoms with van der Waals surface area (Å²) < 4.78 is 22.3. The number of halogens is 1. The van der Waals surface area contributed by atoms with Gasteiger partial charge in [0.05, 0.1) is 5.75 Å². The highest BCUT2D eigenvalue weighted by molar-refractivity contribution is 14.0. The molecule has 0 bridgehead atoms. The van der Waals surface area contributed by atoms with Gasteiger partial charge in [-0.15, -0.1) is 24.0 Å². The first kappa shape index (κ1) is 24.2. The molecule has 0 aromatic carbocycles. The Morgan fingerprint density at radius 3 is 2.27 bits per heavy atom. The molecule has 0 amide bonds. The minimum Gasteiger partial charge on any atom is -0.356 e. The van der Waals surface area contributed by atoms with E-state index in [9.17, 15) is 8.42 Å². The molecule has 22 heavy (non-hydrogen) atoms. The molecule has 0 aliphatic heterocycles. The molecule has 0 aliphatic carbocycles. The first-order valence-corrected chi connectivity index (χ1v) is 9.74. The third-order valence-electron chi connectivity index (χ3n) is 3.17. The first-order chi connectivity index (χ1) is 9.53. The highest BCUT2D eigenvalue weighted by atomic mass is 127. The van der Waals surface area contributed by atoms with Gasteiger partial charge in [0.25, 0.3) is 0 Å². The molecule has 7 heteroatoms. The zero-order valence-electron chi connectivity index (χ0n) is 14.9. The highest BCUT2D eigenvalue weighted by Gasteiger charge is 2.10. The van der Waals surface area contributed by atoms with Crippen LogP contribution in [-0.2, 0) is 9.84 Å². The number of hydrogen-bond donors (Lipinski definition) is 2. The van der Waals surface area contributed by atoms with Crippen LogP contribution in [0.5, 0.6) is 0 Å². The summed E-state index contributed by atoms with van der Waals surface area (Å²) in [6.07, 6.45) is 5.36. The Hall–Kier alpha value is -0.0500. The van der Waals surface area contributed by atoms with Crippen LogP contribution < -0.4 is 10.6 Å². The third-order valence-corrected chi connectivity index (χ3v) is 4.15. The summed E-state index contributed by atoms with van der Waals surface area (Å²) >= 11 is 0. The monoisotopic (exact) mass is 447 g/mol. The Labute approximate surface area is 154 Å². The van der Waals surface area contributed by atoms with Crippen LogP contribution in [0.4, 0.5) is 0 Å². The Morgan fingerprint density at radius 1 is 1.23 bits per heavy atom. The molecule has 0 saturated carbocycles. The van der Waals surface area contributed by atoms with Crippen molar-refractivity contribution in [2.45, 2.75) is 59.4 Å². The molecule has 0 radical (unpaired) electrons. The number of guanidine groups is 1. The molecular formula is C15H34IN3O2S. The fraction of sp³-hybridized carbons (Fsp3) is 0.933. The van der Waals surface area contributed by atoms with Gasteiger partial charge in [-0.2, -0.15) is 0 Å². The van der Waals surface area contributed by atoms with E-state index in [2.05, 4.69) is 36.4 Å². The van der Waals surface area contributed by atoms with Crippen LogP contribution in [0.2, 0.25) is 0 Å². The zero-order valence-corrected chi connectivity index (χ0v) is 18.0. The number of nitrogens with one attached hydrogen (secondary N) is 2. The minimum absolute atomic E-state index is 0. The van der Waals surface area contributed by atoms with E-state index in [0.717, 1.165) is 18.9 Å². The van der Waals surface area contributed by atoms with Gasteiger partial charge in [-0.25, -0.2) is 8.42 Å². The maximum absolute atomic E-state index is 11.1. The van der Waals surface area contributed by atoms with Crippen molar-refractivity contribution in [3.05, 3.63) is 0 Å². The lowest BCUT2D eigenvalue weighted by atomic mass is 9.90. The lowest BCUT2D eigenvalue weighted by Crippen LogP contribution is -2.43. The highest BCUT2D eigenvalue weighted by Crippen LogP contribution is 2.21. The molecule has 2 N–H and O–H groups in total. The Morgan fingerprint density at radius 2 is 1.82 bits per heavy atom. The van der Waals surface area contributed by atoms with Crippen molar-refractivity contribution in [1.82, 2.24) is 10.6 Å². The third kappa shape index (κ3) is 16.3. The SMILES string of the molecule is CN=C(NCCCCC(C)(C)C)NC(C)CCS(C)(=O)=O.I. The largest absolute Gasteiger partial charge is 0.356 e. The summed E-state index contributed by atoms with van der Waals surface area (Å²) in [4.78, 5) is 4.16. The van der Waals surface area contributed by atoms with Crippen molar-refractivity contribution in [3.63, 3.8) is 0 Å². The van der Waals surface area contributed by atoms with Gasteiger partial charge in [0.2, 0.25) is 0 Å². The molecule has 0 heterocycles. The van der Waals surface area contributed by atoms with E-state index in [4.69, 9.17) is 0 Å². The Kier molecular flexibility index (Phi) is 12.6. The van der Waals surface area contributed by atoms with Crippen LogP contribution in [0.15, 0.2) is 4.99 Å². The summed E-state index contributed by atoms with van der Waals surface area (Å²) in [5.74, 6) is 0.941. The predicted molar refractivity (Wildman–Crippen MR) is 107 cm³/mol. The van der Waals surface area contributed by atoms with Crippen LogP contribution in [0, 0.1) is 5.41 Å². The lowest BCUT2D eigenvalue weighted by Gasteiger charge is -2.19. The molecule has 0 aromatic rings. The Bertz CT molecular complexity index is 417. The van der Waals surface area contributed by atoms with Crippen molar-refractivity contribution in [2.75, 3.05) is 25.6 Å². The quantitative estimate of drug-likeness (QED) is 0.260. The predicted octanol–water partition coefficient (Wildman–Crippen LogP) is 2.81. The molecule has 5 nitrogen and oxygen atoms in total. The molecule has 0 aromatic heterocycles. The number of aliphatic imine (C=N–C) groups is 1. The van der Waals surface area contributed by atoms with Crippen molar-refractivity contribution in [3.8, 4) is 0 Å². The van der Waals surface area contributed by atoms with Crippen LogP contribution in [-0.4, -0.2) is 46.0 Å². The standard InChI is InChI=1S/C15H33N3O2S.HI/c1-13(9-12-21(6,19)20)18-14(16-5)17-11-8-7-10-15(2,3)4;/h13H,7-12H2,1-6H3,(H2,16,17,18);1H. The smallest absolute Gasteiger partial charge is 0.191 e. The molecule has 1 atom stereocenters. The van der Waals surface area contributed by atoms with E-state index in [0.29, 0.717) is 11.8 Å². The van der Waals surface area contributed by atoms with Gasteiger partial charge < -0.3 is 10.6 Å². The van der Waals surface area contributed by atoms with Crippen molar-refractivity contribution in [2.24, 2.45) is 10.4 Å². The van der Waals surface area contributed by atoms with Gasteiger partial charge >= 0.3 is 0 Å². The van der Waals surface area contributed by atoms with Crippen molar-refractivity contribution < 1.29 is 8.42 Å². The number of rotatable bonds is 8. The molecule has 0 spiro atoms. The van der Waals surface area contributed by atoms with Gasteiger partial charge in [0.15, 0.2) is 5.96 Å². The zero-order chi connectivity index (χ0) is 16.5. The molecule has 134 valence electrons. The number of hydrogen-bond acceptors (Lipinski definition) is 3. The average Bonchev–Trinajstić information content (AvgIpc) is 2.32. The Balaban J connectivity index is 0. The summed E-state index contributed by atoms with van der Waals surface area (Å²) in [6.45, 7) is 9.62. The normalized spacial score (nSPS) is 14.2. The van der Waals surface area contributed by atoms with E-state index >= 15 is 0 Å². The van der Waals surface area contributed by atoms with Crippen LogP contribution in [0.1, 0.15) is 53.4 Å². The summed E-state index contributed by atoms with van der Waals surface area (Å²) in [5.41, 5.74) is 0.389. The fourth-order valence-electron chi connectivity index (χ4n) is 1.88. The van der Waals surface area contributed by atoms with E-state index in [-0.39, 0.29) is 35.8 Å². The van der Waals surface area contributed by atoms with Crippen LogP contribution in [0.3, 0.4) is 0 Å². The molecule has 0 rings (SSSR count). The molecule has 0 fully saturated rings. The number of nitrogens with zero attached hydrogens (tertiary/aromatic N) is 1. The van der Waals surface area contributed by atoms with Crippen molar-refractivity contribution >= 4 is 39.8 Å². The summed E-state index contributed by atoms with van der Waals surface area (Å²) in [6, 6.07) is 0.0838. The first-order valence-electron chi connectivity index (χ1n) is 7.68. The van der Waals surface area contributed by atoms with E-state index in [1.807, 2.05) is 6.92 Å². The average molecular weight is 447 g/mol. The lowest BCUT2D eigenvalue weighted by molar-refractivity contribution is 0.360.